The van der Waals surface area contributed by atoms with Gasteiger partial charge in [0.1, 0.15) is 5.54 Å². The van der Waals surface area contributed by atoms with Gasteiger partial charge in [-0.2, -0.15) is 0 Å². The van der Waals surface area contributed by atoms with Gasteiger partial charge >= 0.3 is 11.9 Å². The van der Waals surface area contributed by atoms with Crippen molar-refractivity contribution in [1.29, 1.82) is 0 Å². The van der Waals surface area contributed by atoms with Gasteiger partial charge in [-0.15, -0.1) is 0 Å². The summed E-state index contributed by atoms with van der Waals surface area (Å²) in [6.45, 7) is 5.57. The fourth-order valence-electron chi connectivity index (χ4n) is 2.92. The van der Waals surface area contributed by atoms with Gasteiger partial charge in [0.25, 0.3) is 0 Å². The Hall–Kier alpha value is -1.63. The summed E-state index contributed by atoms with van der Waals surface area (Å²) in [5.74, 6) is -2.86. The highest BCUT2D eigenvalue weighted by Crippen LogP contribution is 2.44. The first-order valence-electron chi connectivity index (χ1n) is 6.56. The molecule has 4 N–H and O–H groups in total. The molecule has 20 heavy (non-hydrogen) atoms. The molecular weight excluding hydrogens is 264 g/mol. The quantitative estimate of drug-likeness (QED) is 0.682. The highest BCUT2D eigenvalue weighted by molar-refractivity contribution is 5.92. The Morgan fingerprint density at radius 3 is 2.25 bits per heavy atom. The number of nitrogens with zero attached hydrogens (tertiary/aromatic N) is 1. The fourth-order valence-corrected chi connectivity index (χ4v) is 2.92. The Balaban J connectivity index is 3.12. The number of hydrogen-bond donors (Lipinski definition) is 3. The fraction of sp³-hybridized carbons (Fsp3) is 0.769. The van der Waals surface area contributed by atoms with Crippen LogP contribution in [0.25, 0.3) is 0 Å². The number of carbonyl (C=O) groups excluding carboxylic acids is 1. The molecule has 2 atom stereocenters. The molecule has 1 rings (SSSR count). The molecule has 1 heterocycles. The molecule has 0 aromatic carbocycles. The van der Waals surface area contributed by atoms with Crippen molar-refractivity contribution < 1.29 is 24.6 Å². The first-order valence-corrected chi connectivity index (χ1v) is 6.56. The highest BCUT2D eigenvalue weighted by atomic mass is 16.4. The molecule has 0 saturated carbocycles. The van der Waals surface area contributed by atoms with E-state index >= 15 is 0 Å². The number of carboxylic acid groups (broad SMARTS) is 2. The lowest BCUT2D eigenvalue weighted by molar-refractivity contribution is -0.165. The van der Waals surface area contributed by atoms with E-state index in [2.05, 4.69) is 0 Å². The van der Waals surface area contributed by atoms with Gasteiger partial charge in [-0.3, -0.25) is 9.59 Å². The van der Waals surface area contributed by atoms with Crippen LogP contribution < -0.4 is 5.73 Å². The molecule has 1 saturated heterocycles. The van der Waals surface area contributed by atoms with Crippen molar-refractivity contribution in [2.45, 2.75) is 51.6 Å². The number of carbonyl (C=O) groups is 3. The summed E-state index contributed by atoms with van der Waals surface area (Å²) >= 11 is 0. The standard InChI is InChI=1S/C13H22N2O5/c1-12(2,3)13(11(19)20)5-4-6-15(13)10(18)8(14)7-9(16)17/h8H,4-7,14H2,1-3H3,(H,16,17)(H,19,20). The van der Waals surface area contributed by atoms with Crippen LogP contribution in [0.1, 0.15) is 40.0 Å². The third kappa shape index (κ3) is 2.63. The summed E-state index contributed by atoms with van der Waals surface area (Å²) in [7, 11) is 0. The number of nitrogens with two attached hydrogens (primary N) is 1. The van der Waals surface area contributed by atoms with Gasteiger partial charge in [0.15, 0.2) is 0 Å². The minimum absolute atomic E-state index is 0.287. The predicted octanol–water partition coefficient (Wildman–Crippen LogP) is 0.280. The van der Waals surface area contributed by atoms with Crippen LogP contribution in [-0.2, 0) is 14.4 Å². The van der Waals surface area contributed by atoms with Crippen LogP contribution in [0.5, 0.6) is 0 Å². The molecular formula is C13H22N2O5. The van der Waals surface area contributed by atoms with Crippen LogP contribution in [0.2, 0.25) is 0 Å². The summed E-state index contributed by atoms with van der Waals surface area (Å²) in [6.07, 6.45) is 0.404. The van der Waals surface area contributed by atoms with E-state index in [4.69, 9.17) is 10.8 Å². The SMILES string of the molecule is CC(C)(C)C1(C(=O)O)CCCN1C(=O)C(N)CC(=O)O. The average Bonchev–Trinajstić information content (AvgIpc) is 2.71. The molecule has 1 aliphatic heterocycles. The minimum atomic E-state index is -1.33. The van der Waals surface area contributed by atoms with E-state index in [0.717, 1.165) is 0 Å². The first-order chi connectivity index (χ1) is 9.04. The highest BCUT2D eigenvalue weighted by Gasteiger charge is 2.57. The maximum Gasteiger partial charge on any atom is 0.330 e. The van der Waals surface area contributed by atoms with Gasteiger partial charge in [0.2, 0.25) is 5.91 Å². The molecule has 0 aromatic heterocycles. The van der Waals surface area contributed by atoms with E-state index in [1.54, 1.807) is 20.8 Å². The Kier molecular flexibility index (Phi) is 4.43. The summed E-state index contributed by atoms with van der Waals surface area (Å²) in [4.78, 5) is 36.0. The Morgan fingerprint density at radius 2 is 1.85 bits per heavy atom. The molecule has 1 aliphatic rings. The zero-order valence-electron chi connectivity index (χ0n) is 12.0. The Labute approximate surface area is 117 Å². The third-order valence-corrected chi connectivity index (χ3v) is 3.95. The van der Waals surface area contributed by atoms with E-state index in [0.29, 0.717) is 12.8 Å². The molecule has 0 aromatic rings. The lowest BCUT2D eigenvalue weighted by Crippen LogP contribution is -2.63. The molecule has 7 heteroatoms. The van der Waals surface area contributed by atoms with E-state index in [-0.39, 0.29) is 6.54 Å². The number of amides is 1. The maximum atomic E-state index is 12.3. The lowest BCUT2D eigenvalue weighted by Gasteiger charge is -2.45. The topological polar surface area (TPSA) is 121 Å². The van der Waals surface area contributed by atoms with Crippen LogP contribution in [0, 0.1) is 5.41 Å². The largest absolute Gasteiger partial charge is 0.481 e. The number of hydrogen-bond acceptors (Lipinski definition) is 4. The van der Waals surface area contributed by atoms with E-state index < -0.39 is 41.3 Å². The lowest BCUT2D eigenvalue weighted by atomic mass is 9.71. The summed E-state index contributed by atoms with van der Waals surface area (Å²) in [5, 5.41) is 18.3. The maximum absolute atomic E-state index is 12.3. The van der Waals surface area contributed by atoms with Gasteiger partial charge in [-0.1, -0.05) is 20.8 Å². The summed E-state index contributed by atoms with van der Waals surface area (Å²) in [5.41, 5.74) is 3.59. The molecule has 1 amide bonds. The van der Waals surface area contributed by atoms with Gasteiger partial charge in [0, 0.05) is 6.54 Å². The van der Waals surface area contributed by atoms with Gasteiger partial charge in [-0.25, -0.2) is 4.79 Å². The molecule has 2 unspecified atom stereocenters. The van der Waals surface area contributed by atoms with E-state index in [9.17, 15) is 19.5 Å². The van der Waals surface area contributed by atoms with Crippen LogP contribution in [0.3, 0.4) is 0 Å². The van der Waals surface area contributed by atoms with E-state index in [1.807, 2.05) is 0 Å². The molecule has 7 nitrogen and oxygen atoms in total. The molecule has 0 radical (unpaired) electrons. The number of rotatable bonds is 4. The van der Waals surface area contributed by atoms with Crippen molar-refractivity contribution in [3.05, 3.63) is 0 Å². The summed E-state index contributed by atoms with van der Waals surface area (Å²) < 4.78 is 0. The smallest absolute Gasteiger partial charge is 0.330 e. The van der Waals surface area contributed by atoms with Crippen molar-refractivity contribution >= 4 is 17.8 Å². The van der Waals surface area contributed by atoms with Crippen LogP contribution in [0.15, 0.2) is 0 Å². The third-order valence-electron chi connectivity index (χ3n) is 3.95. The van der Waals surface area contributed by atoms with Crippen molar-refractivity contribution in [3.63, 3.8) is 0 Å². The van der Waals surface area contributed by atoms with Crippen LogP contribution in [0.4, 0.5) is 0 Å². The van der Waals surface area contributed by atoms with Crippen molar-refractivity contribution in [1.82, 2.24) is 4.90 Å². The minimum Gasteiger partial charge on any atom is -0.481 e. The van der Waals surface area contributed by atoms with Crippen LogP contribution in [-0.4, -0.2) is 51.1 Å². The van der Waals surface area contributed by atoms with Gasteiger partial charge in [0.05, 0.1) is 12.5 Å². The Morgan fingerprint density at radius 1 is 1.30 bits per heavy atom. The second-order valence-corrected chi connectivity index (χ2v) is 6.21. The summed E-state index contributed by atoms with van der Waals surface area (Å²) in [6, 6.07) is -1.22. The van der Waals surface area contributed by atoms with Gasteiger partial charge < -0.3 is 20.8 Å². The normalized spacial score (nSPS) is 24.5. The second-order valence-electron chi connectivity index (χ2n) is 6.21. The first kappa shape index (κ1) is 16.4. The van der Waals surface area contributed by atoms with Crippen molar-refractivity contribution in [2.75, 3.05) is 6.54 Å². The van der Waals surface area contributed by atoms with Gasteiger partial charge in [-0.05, 0) is 18.3 Å². The second kappa shape index (κ2) is 5.40. The molecule has 0 spiro atoms. The number of aliphatic carboxylic acids is 2. The monoisotopic (exact) mass is 286 g/mol. The molecule has 114 valence electrons. The van der Waals surface area contributed by atoms with Crippen molar-refractivity contribution in [2.24, 2.45) is 11.1 Å². The zero-order chi connectivity index (χ0) is 15.7. The number of carboxylic acids is 2. The van der Waals surface area contributed by atoms with Crippen molar-refractivity contribution in [3.8, 4) is 0 Å². The molecule has 0 bridgehead atoms. The zero-order valence-corrected chi connectivity index (χ0v) is 12.0. The number of likely N-dealkylation sites (tertiary alicyclic amines) is 1. The van der Waals surface area contributed by atoms with Crippen LogP contribution >= 0.6 is 0 Å². The Bertz CT molecular complexity index is 429. The van der Waals surface area contributed by atoms with E-state index in [1.165, 1.54) is 4.90 Å². The average molecular weight is 286 g/mol. The molecule has 0 aliphatic carbocycles. The predicted molar refractivity (Wildman–Crippen MR) is 71.0 cm³/mol. The molecule has 1 fully saturated rings.